The first-order valence-electron chi connectivity index (χ1n) is 7.61. The third-order valence-electron chi connectivity index (χ3n) is 4.36. The van der Waals surface area contributed by atoms with Crippen LogP contribution < -0.4 is 0 Å². The van der Waals surface area contributed by atoms with Gasteiger partial charge >= 0.3 is 0 Å². The molecular weight excluding hydrogens is 392 g/mol. The molecular formula is C16H17BrN4O2S. The molecule has 2 aromatic rings. The molecule has 1 aliphatic heterocycles. The van der Waals surface area contributed by atoms with E-state index in [0.717, 1.165) is 18.4 Å². The highest BCUT2D eigenvalue weighted by Crippen LogP contribution is 2.32. The van der Waals surface area contributed by atoms with E-state index in [1.165, 1.54) is 10.4 Å². The van der Waals surface area contributed by atoms with Gasteiger partial charge in [0.25, 0.3) is 0 Å². The zero-order valence-electron chi connectivity index (χ0n) is 13.2. The summed E-state index contributed by atoms with van der Waals surface area (Å²) in [7, 11) is -1.79. The number of rotatable bonds is 3. The highest BCUT2D eigenvalue weighted by atomic mass is 79.9. The van der Waals surface area contributed by atoms with E-state index >= 15 is 0 Å². The quantitative estimate of drug-likeness (QED) is 0.781. The number of piperidine rings is 1. The lowest BCUT2D eigenvalue weighted by Crippen LogP contribution is -2.38. The van der Waals surface area contributed by atoms with Crippen molar-refractivity contribution in [2.45, 2.75) is 23.7 Å². The van der Waals surface area contributed by atoms with Crippen molar-refractivity contribution in [3.63, 3.8) is 0 Å². The Morgan fingerprint density at radius 3 is 2.62 bits per heavy atom. The van der Waals surface area contributed by atoms with Crippen LogP contribution in [0.3, 0.4) is 0 Å². The predicted molar refractivity (Wildman–Crippen MR) is 92.8 cm³/mol. The number of hydrogen-bond acceptors (Lipinski definition) is 4. The van der Waals surface area contributed by atoms with Gasteiger partial charge in [-0.25, -0.2) is 8.42 Å². The van der Waals surface area contributed by atoms with E-state index in [4.69, 9.17) is 0 Å². The Hall–Kier alpha value is -1.69. The summed E-state index contributed by atoms with van der Waals surface area (Å²) in [5, 5.41) is 13.5. The molecule has 6 nitrogen and oxygen atoms in total. The van der Waals surface area contributed by atoms with Crippen molar-refractivity contribution in [2.24, 2.45) is 7.05 Å². The predicted octanol–water partition coefficient (Wildman–Crippen LogP) is 2.62. The topological polar surface area (TPSA) is 79.0 Å². The fraction of sp³-hybridized carbons (Fsp3) is 0.375. The molecule has 8 heteroatoms. The number of sulfonamides is 1. The number of nitriles is 1. The van der Waals surface area contributed by atoms with Crippen LogP contribution in [-0.4, -0.2) is 35.6 Å². The third kappa shape index (κ3) is 3.11. The Kier molecular flexibility index (Phi) is 4.76. The normalized spacial score (nSPS) is 16.9. The molecule has 3 rings (SSSR count). The van der Waals surface area contributed by atoms with E-state index in [0.29, 0.717) is 23.5 Å². The van der Waals surface area contributed by atoms with E-state index < -0.39 is 10.0 Å². The lowest BCUT2D eigenvalue weighted by molar-refractivity contribution is 0.319. The summed E-state index contributed by atoms with van der Waals surface area (Å²) in [5.74, 6) is 0.322. The summed E-state index contributed by atoms with van der Waals surface area (Å²) >= 11 is 3.25. The SMILES string of the molecule is Cn1cc(C2CCN(S(=O)(=O)c3cccc(Br)c3C#N)CC2)cn1. The molecule has 0 N–H and O–H groups in total. The van der Waals surface area contributed by atoms with Gasteiger partial charge in [-0.3, -0.25) is 4.68 Å². The van der Waals surface area contributed by atoms with Gasteiger partial charge in [0, 0.05) is 30.8 Å². The Bertz CT molecular complexity index is 893. The second-order valence-electron chi connectivity index (χ2n) is 5.85. The minimum absolute atomic E-state index is 0.0687. The van der Waals surface area contributed by atoms with Gasteiger partial charge < -0.3 is 0 Å². The van der Waals surface area contributed by atoms with Gasteiger partial charge in [0.2, 0.25) is 10.0 Å². The maximum absolute atomic E-state index is 12.9. The molecule has 0 saturated carbocycles. The van der Waals surface area contributed by atoms with Crippen molar-refractivity contribution < 1.29 is 8.42 Å². The molecule has 24 heavy (non-hydrogen) atoms. The standard InChI is InChI=1S/C16H17BrN4O2S/c1-20-11-13(10-19-20)12-5-7-21(8-6-12)24(22,23)16-4-2-3-15(17)14(16)9-18/h2-4,10-12H,5-8H2,1H3. The molecule has 1 saturated heterocycles. The van der Waals surface area contributed by atoms with Crippen molar-refractivity contribution in [2.75, 3.05) is 13.1 Å². The summed E-state index contributed by atoms with van der Waals surface area (Å²) in [6.45, 7) is 0.887. The summed E-state index contributed by atoms with van der Waals surface area (Å²) in [6.07, 6.45) is 5.33. The highest BCUT2D eigenvalue weighted by Gasteiger charge is 2.32. The fourth-order valence-electron chi connectivity index (χ4n) is 3.05. The molecule has 0 bridgehead atoms. The van der Waals surface area contributed by atoms with Gasteiger partial charge in [0.1, 0.15) is 11.0 Å². The number of aryl methyl sites for hydroxylation is 1. The Balaban J connectivity index is 1.81. The molecule has 0 spiro atoms. The molecule has 0 atom stereocenters. The largest absolute Gasteiger partial charge is 0.276 e. The second kappa shape index (κ2) is 6.67. The average Bonchev–Trinajstić information content (AvgIpc) is 3.01. The van der Waals surface area contributed by atoms with Crippen LogP contribution in [0.5, 0.6) is 0 Å². The molecule has 0 aliphatic carbocycles. The molecule has 126 valence electrons. The minimum Gasteiger partial charge on any atom is -0.276 e. The van der Waals surface area contributed by atoms with Crippen molar-refractivity contribution in [3.05, 3.63) is 46.2 Å². The van der Waals surface area contributed by atoms with E-state index in [1.807, 2.05) is 25.5 Å². The van der Waals surface area contributed by atoms with E-state index in [9.17, 15) is 13.7 Å². The molecule has 1 aromatic carbocycles. The van der Waals surface area contributed by atoms with Crippen molar-refractivity contribution in [3.8, 4) is 6.07 Å². The Morgan fingerprint density at radius 1 is 1.33 bits per heavy atom. The van der Waals surface area contributed by atoms with Gasteiger partial charge in [0.05, 0.1) is 11.8 Å². The van der Waals surface area contributed by atoms with Crippen molar-refractivity contribution >= 4 is 26.0 Å². The van der Waals surface area contributed by atoms with Crippen LogP contribution in [0.2, 0.25) is 0 Å². The van der Waals surface area contributed by atoms with Crippen LogP contribution in [0.15, 0.2) is 40.0 Å². The molecule has 1 aromatic heterocycles. The molecule has 1 fully saturated rings. The van der Waals surface area contributed by atoms with Gasteiger partial charge in [0.15, 0.2) is 0 Å². The van der Waals surface area contributed by atoms with Crippen molar-refractivity contribution in [1.29, 1.82) is 5.26 Å². The number of benzene rings is 1. The van der Waals surface area contributed by atoms with E-state index in [1.54, 1.807) is 16.8 Å². The number of nitrogens with zero attached hydrogens (tertiary/aromatic N) is 4. The maximum atomic E-state index is 12.9. The fourth-order valence-corrected chi connectivity index (χ4v) is 5.27. The van der Waals surface area contributed by atoms with E-state index in [-0.39, 0.29) is 10.5 Å². The Labute approximate surface area is 149 Å². The zero-order valence-corrected chi connectivity index (χ0v) is 15.6. The smallest absolute Gasteiger partial charge is 0.244 e. The molecule has 0 amide bonds. The highest BCUT2D eigenvalue weighted by molar-refractivity contribution is 9.10. The first-order valence-corrected chi connectivity index (χ1v) is 9.84. The monoisotopic (exact) mass is 408 g/mol. The van der Waals surface area contributed by atoms with Gasteiger partial charge in [-0.2, -0.15) is 14.7 Å². The Morgan fingerprint density at radius 2 is 2.04 bits per heavy atom. The molecule has 2 heterocycles. The average molecular weight is 409 g/mol. The number of halogens is 1. The first kappa shape index (κ1) is 17.1. The van der Waals surface area contributed by atoms with Crippen LogP contribution in [0, 0.1) is 11.3 Å². The third-order valence-corrected chi connectivity index (χ3v) is 6.96. The summed E-state index contributed by atoms with van der Waals surface area (Å²) < 4.78 is 29.5. The summed E-state index contributed by atoms with van der Waals surface area (Å²) in [4.78, 5) is 0.0687. The van der Waals surface area contributed by atoms with Gasteiger partial charge in [-0.05, 0) is 52.4 Å². The second-order valence-corrected chi connectivity index (χ2v) is 8.61. The number of aromatic nitrogens is 2. The zero-order chi connectivity index (χ0) is 17.3. The van der Waals surface area contributed by atoms with Crippen LogP contribution >= 0.6 is 15.9 Å². The molecule has 1 aliphatic rings. The van der Waals surface area contributed by atoms with Crippen molar-refractivity contribution in [1.82, 2.24) is 14.1 Å². The maximum Gasteiger partial charge on any atom is 0.244 e. The van der Waals surface area contributed by atoms with Crippen LogP contribution in [0.25, 0.3) is 0 Å². The van der Waals surface area contributed by atoms with Gasteiger partial charge in [-0.1, -0.05) is 6.07 Å². The summed E-state index contributed by atoms with van der Waals surface area (Å²) in [6, 6.07) is 6.79. The summed E-state index contributed by atoms with van der Waals surface area (Å²) in [5.41, 5.74) is 1.31. The van der Waals surface area contributed by atoms with Crippen LogP contribution in [-0.2, 0) is 17.1 Å². The first-order chi connectivity index (χ1) is 11.4. The van der Waals surface area contributed by atoms with Crippen LogP contribution in [0.1, 0.15) is 29.9 Å². The minimum atomic E-state index is -3.67. The molecule has 0 unspecified atom stereocenters. The van der Waals surface area contributed by atoms with Gasteiger partial charge in [-0.15, -0.1) is 0 Å². The lowest BCUT2D eigenvalue weighted by atomic mass is 9.93. The van der Waals surface area contributed by atoms with Crippen LogP contribution in [0.4, 0.5) is 0 Å². The number of hydrogen-bond donors (Lipinski definition) is 0. The molecule has 0 radical (unpaired) electrons. The lowest BCUT2D eigenvalue weighted by Gasteiger charge is -2.31. The van der Waals surface area contributed by atoms with E-state index in [2.05, 4.69) is 21.0 Å².